The van der Waals surface area contributed by atoms with Crippen LogP contribution in [0.3, 0.4) is 0 Å². The van der Waals surface area contributed by atoms with Crippen LogP contribution < -0.4 is 5.32 Å². The molecule has 7 heteroatoms. The first-order chi connectivity index (χ1) is 8.97. The number of nitro groups is 1. The minimum atomic E-state index is -0.399. The lowest BCUT2D eigenvalue weighted by atomic mass is 10.2. The van der Waals surface area contributed by atoms with Gasteiger partial charge in [0.2, 0.25) is 0 Å². The molecule has 2 rings (SSSR count). The maximum absolute atomic E-state index is 10.6. The molecular weight excluding hydrogens is 307 g/mol. The lowest BCUT2D eigenvalue weighted by Crippen LogP contribution is -1.99. The maximum atomic E-state index is 10.6. The van der Waals surface area contributed by atoms with Crippen LogP contribution in [0.5, 0.6) is 0 Å². The van der Waals surface area contributed by atoms with E-state index in [0.29, 0.717) is 22.3 Å². The second-order valence-corrected chi connectivity index (χ2v) is 5.69. The van der Waals surface area contributed by atoms with Crippen molar-refractivity contribution in [3.63, 3.8) is 0 Å². The van der Waals surface area contributed by atoms with Crippen LogP contribution in [0.25, 0.3) is 0 Å². The van der Waals surface area contributed by atoms with Crippen LogP contribution in [-0.4, -0.2) is 4.92 Å². The van der Waals surface area contributed by atoms with E-state index in [4.69, 9.17) is 23.2 Å². The molecule has 0 aliphatic heterocycles. The fourth-order valence-electron chi connectivity index (χ4n) is 1.53. The largest absolute Gasteiger partial charge is 0.380 e. The molecular formula is C12H10Cl2N2O2S. The molecule has 0 amide bonds. The Kier molecular flexibility index (Phi) is 4.29. The smallest absolute Gasteiger partial charge is 0.324 e. The van der Waals surface area contributed by atoms with Gasteiger partial charge in [0, 0.05) is 23.0 Å². The fourth-order valence-corrected chi connectivity index (χ4v) is 2.71. The molecule has 0 aliphatic carbocycles. The van der Waals surface area contributed by atoms with Crippen LogP contribution in [0.4, 0.5) is 10.7 Å². The summed E-state index contributed by atoms with van der Waals surface area (Å²) in [4.78, 5) is 10.2. The van der Waals surface area contributed by atoms with Gasteiger partial charge in [0.25, 0.3) is 0 Å². The second kappa shape index (κ2) is 5.77. The van der Waals surface area contributed by atoms with E-state index in [1.807, 2.05) is 6.92 Å². The van der Waals surface area contributed by atoms with Crippen LogP contribution >= 0.6 is 34.5 Å². The maximum Gasteiger partial charge on any atom is 0.324 e. The molecule has 0 aliphatic rings. The molecule has 0 atom stereocenters. The Morgan fingerprint density at radius 3 is 2.68 bits per heavy atom. The van der Waals surface area contributed by atoms with Crippen molar-refractivity contribution < 1.29 is 4.92 Å². The van der Waals surface area contributed by atoms with Crippen LogP contribution in [0, 0.1) is 17.0 Å². The molecule has 1 aromatic carbocycles. The molecule has 0 saturated heterocycles. The molecule has 4 nitrogen and oxygen atoms in total. The van der Waals surface area contributed by atoms with Crippen molar-refractivity contribution in [1.82, 2.24) is 0 Å². The molecule has 0 saturated carbocycles. The number of anilines is 1. The predicted octanol–water partition coefficient (Wildman–Crippen LogP) is 4.88. The third-order valence-electron chi connectivity index (χ3n) is 2.55. The summed E-state index contributed by atoms with van der Waals surface area (Å²) in [5, 5.41) is 16.8. The number of halogens is 2. The topological polar surface area (TPSA) is 55.2 Å². The van der Waals surface area contributed by atoms with E-state index in [0.717, 1.165) is 22.5 Å². The zero-order valence-electron chi connectivity index (χ0n) is 9.94. The SMILES string of the molecule is Cc1cc(Cl)c(NCc2csc([N+](=O)[O-])c2)cc1Cl. The van der Waals surface area contributed by atoms with E-state index in [-0.39, 0.29) is 5.00 Å². The van der Waals surface area contributed by atoms with Crippen molar-refractivity contribution in [2.75, 3.05) is 5.32 Å². The summed E-state index contributed by atoms with van der Waals surface area (Å²) in [6.07, 6.45) is 0. The summed E-state index contributed by atoms with van der Waals surface area (Å²) < 4.78 is 0. The van der Waals surface area contributed by atoms with Crippen molar-refractivity contribution >= 4 is 45.2 Å². The van der Waals surface area contributed by atoms with Gasteiger partial charge in [-0.1, -0.05) is 34.5 Å². The zero-order chi connectivity index (χ0) is 14.0. The quantitative estimate of drug-likeness (QED) is 0.645. The summed E-state index contributed by atoms with van der Waals surface area (Å²) >= 11 is 13.2. The highest BCUT2D eigenvalue weighted by Crippen LogP contribution is 2.30. The van der Waals surface area contributed by atoms with Gasteiger partial charge in [-0.25, -0.2) is 0 Å². The average Bonchev–Trinajstić information content (AvgIpc) is 2.81. The van der Waals surface area contributed by atoms with E-state index in [1.54, 1.807) is 23.6 Å². The number of nitrogens with zero attached hydrogens (tertiary/aromatic N) is 1. The van der Waals surface area contributed by atoms with E-state index in [1.165, 1.54) is 0 Å². The van der Waals surface area contributed by atoms with Crippen molar-refractivity contribution in [1.29, 1.82) is 0 Å². The summed E-state index contributed by atoms with van der Waals surface area (Å²) in [6.45, 7) is 2.34. The Labute approximate surface area is 124 Å². The summed E-state index contributed by atoms with van der Waals surface area (Å²) in [5.74, 6) is 0. The number of nitrogens with one attached hydrogen (secondary N) is 1. The number of hydrogen-bond donors (Lipinski definition) is 1. The van der Waals surface area contributed by atoms with Crippen molar-refractivity contribution in [3.05, 3.63) is 54.9 Å². The zero-order valence-corrected chi connectivity index (χ0v) is 12.3. The fraction of sp³-hybridized carbons (Fsp3) is 0.167. The molecule has 0 unspecified atom stereocenters. The normalized spacial score (nSPS) is 10.5. The van der Waals surface area contributed by atoms with E-state index in [2.05, 4.69) is 5.32 Å². The lowest BCUT2D eigenvalue weighted by Gasteiger charge is -2.09. The Hall–Kier alpha value is -1.30. The summed E-state index contributed by atoms with van der Waals surface area (Å²) in [7, 11) is 0. The van der Waals surface area contributed by atoms with Gasteiger partial charge in [-0.15, -0.1) is 0 Å². The molecule has 0 fully saturated rings. The second-order valence-electron chi connectivity index (χ2n) is 3.99. The van der Waals surface area contributed by atoms with Gasteiger partial charge in [-0.2, -0.15) is 0 Å². The van der Waals surface area contributed by atoms with Gasteiger partial charge in [0.05, 0.1) is 15.6 Å². The third kappa shape index (κ3) is 3.37. The number of benzene rings is 1. The van der Waals surface area contributed by atoms with E-state index in [9.17, 15) is 10.1 Å². The first-order valence-corrected chi connectivity index (χ1v) is 7.02. The van der Waals surface area contributed by atoms with Gasteiger partial charge in [-0.05, 0) is 30.2 Å². The van der Waals surface area contributed by atoms with Crippen molar-refractivity contribution in [2.45, 2.75) is 13.5 Å². The Morgan fingerprint density at radius 2 is 2.05 bits per heavy atom. The predicted molar refractivity (Wildman–Crippen MR) is 79.5 cm³/mol. The average molecular weight is 317 g/mol. The van der Waals surface area contributed by atoms with Gasteiger partial charge in [0.1, 0.15) is 0 Å². The lowest BCUT2D eigenvalue weighted by molar-refractivity contribution is -0.380. The van der Waals surface area contributed by atoms with Crippen LogP contribution in [-0.2, 0) is 6.54 Å². The van der Waals surface area contributed by atoms with E-state index >= 15 is 0 Å². The Morgan fingerprint density at radius 1 is 1.32 bits per heavy atom. The monoisotopic (exact) mass is 316 g/mol. The number of rotatable bonds is 4. The van der Waals surface area contributed by atoms with E-state index < -0.39 is 4.92 Å². The highest BCUT2D eigenvalue weighted by atomic mass is 35.5. The molecule has 1 N–H and O–H groups in total. The molecule has 100 valence electrons. The first-order valence-electron chi connectivity index (χ1n) is 5.38. The van der Waals surface area contributed by atoms with Crippen LogP contribution in [0.15, 0.2) is 23.6 Å². The molecule has 0 spiro atoms. The highest BCUT2D eigenvalue weighted by molar-refractivity contribution is 7.13. The van der Waals surface area contributed by atoms with Gasteiger partial charge in [0.15, 0.2) is 0 Å². The molecule has 2 aromatic rings. The first kappa shape index (κ1) is 14.1. The third-order valence-corrected chi connectivity index (χ3v) is 4.20. The number of hydrogen-bond acceptors (Lipinski definition) is 4. The van der Waals surface area contributed by atoms with Crippen molar-refractivity contribution in [3.8, 4) is 0 Å². The minimum absolute atomic E-state index is 0.129. The molecule has 0 bridgehead atoms. The Bertz CT molecular complexity index is 628. The van der Waals surface area contributed by atoms with Crippen molar-refractivity contribution in [2.24, 2.45) is 0 Å². The Balaban J connectivity index is 2.09. The molecule has 19 heavy (non-hydrogen) atoms. The molecule has 1 heterocycles. The molecule has 1 aromatic heterocycles. The number of aryl methyl sites for hydroxylation is 1. The molecule has 0 radical (unpaired) electrons. The minimum Gasteiger partial charge on any atom is -0.380 e. The summed E-state index contributed by atoms with van der Waals surface area (Å²) in [6, 6.07) is 5.07. The van der Waals surface area contributed by atoms with Gasteiger partial charge >= 0.3 is 5.00 Å². The highest BCUT2D eigenvalue weighted by Gasteiger charge is 2.10. The van der Waals surface area contributed by atoms with Crippen LogP contribution in [0.1, 0.15) is 11.1 Å². The standard InChI is InChI=1S/C12H10Cl2N2O2S/c1-7-2-10(14)11(4-9(7)13)15-5-8-3-12(16(17)18)19-6-8/h2-4,6,15H,5H2,1H3. The van der Waals surface area contributed by atoms with Gasteiger partial charge in [-0.3, -0.25) is 10.1 Å². The van der Waals surface area contributed by atoms with Crippen LogP contribution in [0.2, 0.25) is 10.0 Å². The number of thiophene rings is 1. The van der Waals surface area contributed by atoms with Gasteiger partial charge < -0.3 is 5.32 Å². The summed E-state index contributed by atoms with van der Waals surface area (Å²) in [5.41, 5.74) is 2.46.